The molecule has 0 N–H and O–H groups in total. The number of aromatic nitrogens is 3. The molecule has 254 valence electrons. The molecule has 0 radical (unpaired) electrons. The molecule has 4 nitrogen and oxygen atoms in total. The Bertz CT molecular complexity index is 2430. The summed E-state index contributed by atoms with van der Waals surface area (Å²) in [6, 6.07) is 57.9. The van der Waals surface area contributed by atoms with Gasteiger partial charge in [-0.05, 0) is 100 Å². The molecule has 11 rings (SSSR count). The average Bonchev–Trinajstić information content (AvgIpc) is 3.63. The van der Waals surface area contributed by atoms with E-state index in [1.807, 2.05) is 78.9 Å². The van der Waals surface area contributed by atoms with Crippen molar-refractivity contribution in [3.8, 4) is 62.5 Å². The first-order valence-electron chi connectivity index (χ1n) is 18.8. The summed E-state index contributed by atoms with van der Waals surface area (Å²) in [5.74, 6) is 3.54. The van der Waals surface area contributed by atoms with Gasteiger partial charge in [0.15, 0.2) is 17.5 Å². The van der Waals surface area contributed by atoms with E-state index in [9.17, 15) is 5.26 Å². The summed E-state index contributed by atoms with van der Waals surface area (Å²) in [4.78, 5) is 14.7. The molecular formula is C49H38N4. The van der Waals surface area contributed by atoms with Crippen LogP contribution in [0, 0.1) is 23.2 Å². The first-order valence-corrected chi connectivity index (χ1v) is 18.8. The van der Waals surface area contributed by atoms with Crippen LogP contribution in [0.3, 0.4) is 0 Å². The first-order chi connectivity index (χ1) is 26.1. The zero-order chi connectivity index (χ0) is 35.4. The van der Waals surface area contributed by atoms with E-state index in [1.165, 1.54) is 59.9 Å². The van der Waals surface area contributed by atoms with Crippen LogP contribution >= 0.6 is 0 Å². The Morgan fingerprint density at radius 2 is 0.962 bits per heavy atom. The van der Waals surface area contributed by atoms with E-state index >= 15 is 0 Å². The van der Waals surface area contributed by atoms with E-state index in [4.69, 9.17) is 15.0 Å². The van der Waals surface area contributed by atoms with Gasteiger partial charge in [0.2, 0.25) is 0 Å². The molecule has 6 aromatic carbocycles. The van der Waals surface area contributed by atoms with Crippen LogP contribution in [0.25, 0.3) is 56.4 Å². The minimum Gasteiger partial charge on any atom is -0.208 e. The summed E-state index contributed by atoms with van der Waals surface area (Å²) >= 11 is 0. The van der Waals surface area contributed by atoms with Crippen molar-refractivity contribution in [3.63, 3.8) is 0 Å². The van der Waals surface area contributed by atoms with Crippen molar-refractivity contribution < 1.29 is 0 Å². The summed E-state index contributed by atoms with van der Waals surface area (Å²) in [5.41, 5.74) is 11.8. The minimum absolute atomic E-state index is 0.250. The minimum atomic E-state index is 0.250. The van der Waals surface area contributed by atoms with E-state index < -0.39 is 0 Å². The second kappa shape index (κ2) is 12.5. The highest BCUT2D eigenvalue weighted by Crippen LogP contribution is 2.71. The van der Waals surface area contributed by atoms with Gasteiger partial charge >= 0.3 is 0 Å². The molecule has 0 spiro atoms. The Kier molecular flexibility index (Phi) is 7.44. The normalized spacial score (nSPS) is 22.5. The Labute approximate surface area is 310 Å². The van der Waals surface area contributed by atoms with E-state index in [-0.39, 0.29) is 10.8 Å². The number of nitrogens with zero attached hydrogens (tertiary/aromatic N) is 4. The molecule has 4 fully saturated rings. The van der Waals surface area contributed by atoms with Crippen molar-refractivity contribution in [3.05, 3.63) is 174 Å². The molecule has 0 aliphatic heterocycles. The van der Waals surface area contributed by atoms with E-state index in [0.29, 0.717) is 23.0 Å². The molecule has 4 aliphatic carbocycles. The van der Waals surface area contributed by atoms with Gasteiger partial charge in [0, 0.05) is 16.7 Å². The summed E-state index contributed by atoms with van der Waals surface area (Å²) in [7, 11) is 0. The third-order valence-corrected chi connectivity index (χ3v) is 12.5. The Balaban J connectivity index is 0.907. The Hall–Kier alpha value is -6.18. The van der Waals surface area contributed by atoms with Crippen molar-refractivity contribution in [2.45, 2.75) is 42.9 Å². The number of nitriles is 1. The summed E-state index contributed by atoms with van der Waals surface area (Å²) in [6.45, 7) is 0. The van der Waals surface area contributed by atoms with Crippen molar-refractivity contribution >= 4 is 0 Å². The second-order valence-electron chi connectivity index (χ2n) is 15.5. The van der Waals surface area contributed by atoms with Gasteiger partial charge < -0.3 is 0 Å². The topological polar surface area (TPSA) is 62.5 Å². The van der Waals surface area contributed by atoms with Gasteiger partial charge in [0.1, 0.15) is 0 Å². The fraction of sp³-hybridized carbons (Fsp3) is 0.184. The van der Waals surface area contributed by atoms with Crippen LogP contribution in [0.1, 0.15) is 48.8 Å². The maximum Gasteiger partial charge on any atom is 0.164 e. The van der Waals surface area contributed by atoms with Gasteiger partial charge in [-0.15, -0.1) is 0 Å². The molecule has 53 heavy (non-hydrogen) atoms. The molecule has 0 saturated heterocycles. The fourth-order valence-electron chi connectivity index (χ4n) is 10.2. The monoisotopic (exact) mass is 682 g/mol. The third-order valence-electron chi connectivity index (χ3n) is 12.5. The lowest BCUT2D eigenvalue weighted by Crippen LogP contribution is -2.35. The average molecular weight is 683 g/mol. The Morgan fingerprint density at radius 1 is 0.472 bits per heavy atom. The highest BCUT2D eigenvalue weighted by atomic mass is 15.0. The smallest absolute Gasteiger partial charge is 0.164 e. The van der Waals surface area contributed by atoms with E-state index in [1.54, 1.807) is 0 Å². The number of hydrogen-bond donors (Lipinski definition) is 0. The predicted octanol–water partition coefficient (Wildman–Crippen LogP) is 11.5. The van der Waals surface area contributed by atoms with E-state index in [2.05, 4.69) is 84.9 Å². The maximum atomic E-state index is 9.39. The maximum absolute atomic E-state index is 9.39. The van der Waals surface area contributed by atoms with E-state index in [0.717, 1.165) is 34.1 Å². The summed E-state index contributed by atoms with van der Waals surface area (Å²) in [5, 5.41) is 9.39. The van der Waals surface area contributed by atoms with Crippen LogP contribution in [0.4, 0.5) is 0 Å². The van der Waals surface area contributed by atoms with Crippen molar-refractivity contribution in [2.24, 2.45) is 11.8 Å². The van der Waals surface area contributed by atoms with Crippen LogP contribution in [-0.4, -0.2) is 15.0 Å². The molecule has 1 heterocycles. The summed E-state index contributed by atoms with van der Waals surface area (Å²) < 4.78 is 0. The standard InChI is InChI=1S/C49H38N4/c50-31-33-8-7-13-41(26-33)37-20-24-43(25-21-37)49-29-34-27-44(49)30-48(28-34,32-49)42-22-18-36(19-23-42)35-14-16-40(17-15-35)47-52-45(38-9-3-1-4-10-38)51-46(53-47)39-11-5-2-6-12-39/h1-26,34,44H,27-30,32H2. The van der Waals surface area contributed by atoms with Crippen LogP contribution in [-0.2, 0) is 10.8 Å². The highest BCUT2D eigenvalue weighted by Gasteiger charge is 2.64. The van der Waals surface area contributed by atoms with Gasteiger partial charge in [0.05, 0.1) is 11.6 Å². The zero-order valence-electron chi connectivity index (χ0n) is 29.5. The van der Waals surface area contributed by atoms with Crippen LogP contribution < -0.4 is 0 Å². The predicted molar refractivity (Wildman–Crippen MR) is 212 cm³/mol. The van der Waals surface area contributed by atoms with Gasteiger partial charge in [0.25, 0.3) is 0 Å². The van der Waals surface area contributed by atoms with Crippen LogP contribution in [0.2, 0.25) is 0 Å². The number of hydrogen-bond acceptors (Lipinski definition) is 4. The molecular weight excluding hydrogens is 645 g/mol. The first kappa shape index (κ1) is 31.5. The quantitative estimate of drug-likeness (QED) is 0.168. The highest BCUT2D eigenvalue weighted by molar-refractivity contribution is 5.71. The zero-order valence-corrected chi connectivity index (χ0v) is 29.5. The molecule has 4 aliphatic rings. The molecule has 4 heteroatoms. The molecule has 1 aromatic heterocycles. The summed E-state index contributed by atoms with van der Waals surface area (Å²) in [6.07, 6.45) is 6.50. The molecule has 4 saturated carbocycles. The molecule has 4 unspecified atom stereocenters. The van der Waals surface area contributed by atoms with Gasteiger partial charge in [-0.2, -0.15) is 5.26 Å². The molecule has 4 bridgehead atoms. The van der Waals surface area contributed by atoms with Crippen molar-refractivity contribution in [1.29, 1.82) is 5.26 Å². The van der Waals surface area contributed by atoms with Crippen molar-refractivity contribution in [1.82, 2.24) is 15.0 Å². The van der Waals surface area contributed by atoms with Gasteiger partial charge in [-0.3, -0.25) is 0 Å². The van der Waals surface area contributed by atoms with Gasteiger partial charge in [-0.1, -0.05) is 146 Å². The van der Waals surface area contributed by atoms with Gasteiger partial charge in [-0.25, -0.2) is 15.0 Å². The third kappa shape index (κ3) is 5.47. The fourth-order valence-corrected chi connectivity index (χ4v) is 10.2. The lowest BCUT2D eigenvalue weighted by Gasteiger charge is -2.42. The molecule has 4 atom stereocenters. The lowest BCUT2D eigenvalue weighted by atomic mass is 9.62. The second-order valence-corrected chi connectivity index (χ2v) is 15.5. The van der Waals surface area contributed by atoms with Crippen LogP contribution in [0.15, 0.2) is 158 Å². The van der Waals surface area contributed by atoms with Crippen LogP contribution in [0.5, 0.6) is 0 Å². The van der Waals surface area contributed by atoms with Crippen molar-refractivity contribution in [2.75, 3.05) is 0 Å². The lowest BCUT2D eigenvalue weighted by molar-refractivity contribution is 0.220. The SMILES string of the molecule is N#Cc1cccc(-c2ccc(C34CC5CC3CC(c3ccc(-c6ccc(-c7nc(-c8ccccc8)nc(-c8ccccc8)n7)cc6)cc3)(C5)C4)cc2)c1. The number of rotatable bonds is 7. The number of benzene rings is 6. The Morgan fingerprint density at radius 3 is 1.55 bits per heavy atom. The molecule has 0 amide bonds. The largest absolute Gasteiger partial charge is 0.208 e. The molecule has 7 aromatic rings.